The molecule has 1 aliphatic heterocycles. The Morgan fingerprint density at radius 3 is 2.40 bits per heavy atom. The first kappa shape index (κ1) is 19.1. The predicted molar refractivity (Wildman–Crippen MR) is 96.6 cm³/mol. The second kappa shape index (κ2) is 8.75. The van der Waals surface area contributed by atoms with Gasteiger partial charge in [-0.05, 0) is 34.0 Å². The molecule has 1 saturated heterocycles. The highest BCUT2D eigenvalue weighted by atomic mass is 16.2. The summed E-state index contributed by atoms with van der Waals surface area (Å²) >= 11 is 0. The molecule has 0 unspecified atom stereocenters. The van der Waals surface area contributed by atoms with E-state index in [1.807, 2.05) is 14.1 Å². The Hall–Kier alpha value is -2.22. The van der Waals surface area contributed by atoms with Crippen LogP contribution in [0.25, 0.3) is 0 Å². The van der Waals surface area contributed by atoms with E-state index in [4.69, 9.17) is 0 Å². The van der Waals surface area contributed by atoms with Gasteiger partial charge in [-0.3, -0.25) is 9.59 Å². The number of nitrogens with one attached hydrogen (secondary N) is 1. The summed E-state index contributed by atoms with van der Waals surface area (Å²) in [6.07, 6.45) is 0.992. The van der Waals surface area contributed by atoms with E-state index >= 15 is 0 Å². The normalized spacial score (nSPS) is 14.8. The van der Waals surface area contributed by atoms with E-state index < -0.39 is 0 Å². The average Bonchev–Trinajstić information content (AvgIpc) is 2.57. The Bertz CT molecular complexity index is 611. The topological polar surface area (TPSA) is 81.7 Å². The lowest BCUT2D eigenvalue weighted by Crippen LogP contribution is -2.50. The highest BCUT2D eigenvalue weighted by Crippen LogP contribution is 2.12. The van der Waals surface area contributed by atoms with Crippen molar-refractivity contribution < 1.29 is 9.59 Å². The molecule has 2 heterocycles. The van der Waals surface area contributed by atoms with Crippen molar-refractivity contribution >= 4 is 17.6 Å². The summed E-state index contributed by atoms with van der Waals surface area (Å²) in [6, 6.07) is 1.71. The van der Waals surface area contributed by atoms with Crippen LogP contribution in [0.5, 0.6) is 0 Å². The molecule has 1 aromatic rings. The Morgan fingerprint density at radius 1 is 1.16 bits per heavy atom. The van der Waals surface area contributed by atoms with Crippen LogP contribution in [-0.4, -0.2) is 89.8 Å². The number of nitrogens with zero attached hydrogens (tertiary/aromatic N) is 5. The first-order valence-corrected chi connectivity index (χ1v) is 8.66. The number of aryl methyl sites for hydroxylation is 1. The second-order valence-corrected chi connectivity index (χ2v) is 6.57. The second-order valence-electron chi connectivity index (χ2n) is 6.57. The highest BCUT2D eigenvalue weighted by molar-refractivity contribution is 5.93. The van der Waals surface area contributed by atoms with Crippen LogP contribution in [-0.2, 0) is 4.79 Å². The maximum atomic E-state index is 12.7. The molecule has 25 heavy (non-hydrogen) atoms. The van der Waals surface area contributed by atoms with Crippen LogP contribution in [0.2, 0.25) is 0 Å². The minimum atomic E-state index is -0.106. The molecule has 0 saturated carbocycles. The van der Waals surface area contributed by atoms with Crippen LogP contribution in [0, 0.1) is 6.92 Å². The molecule has 0 bridgehead atoms. The van der Waals surface area contributed by atoms with Gasteiger partial charge in [0.05, 0.1) is 0 Å². The molecule has 8 heteroatoms. The Kier molecular flexibility index (Phi) is 6.69. The van der Waals surface area contributed by atoms with Crippen molar-refractivity contribution in [2.75, 3.05) is 58.7 Å². The lowest BCUT2D eigenvalue weighted by Gasteiger charge is -2.34. The summed E-state index contributed by atoms with van der Waals surface area (Å²) in [4.78, 5) is 38.4. The van der Waals surface area contributed by atoms with E-state index in [2.05, 4.69) is 20.2 Å². The number of aromatic nitrogens is 2. The van der Waals surface area contributed by atoms with Crippen LogP contribution in [0.3, 0.4) is 0 Å². The van der Waals surface area contributed by atoms with Gasteiger partial charge in [0.1, 0.15) is 17.3 Å². The molecule has 0 spiro atoms. The number of hydrogen-bond donors (Lipinski definition) is 1. The van der Waals surface area contributed by atoms with Crippen molar-refractivity contribution in [1.82, 2.24) is 24.7 Å². The minimum absolute atomic E-state index is 0.0502. The number of carbonyl (C=O) groups excluding carboxylic acids is 2. The van der Waals surface area contributed by atoms with Crippen molar-refractivity contribution in [3.05, 3.63) is 17.6 Å². The summed E-state index contributed by atoms with van der Waals surface area (Å²) in [5, 5.41) is 3.26. The zero-order chi connectivity index (χ0) is 18.4. The lowest BCUT2D eigenvalue weighted by molar-refractivity contribution is -0.130. The molecule has 0 radical (unpaired) electrons. The van der Waals surface area contributed by atoms with E-state index in [1.54, 1.807) is 29.7 Å². The van der Waals surface area contributed by atoms with E-state index in [-0.39, 0.29) is 11.8 Å². The van der Waals surface area contributed by atoms with Gasteiger partial charge in [0.2, 0.25) is 5.91 Å². The van der Waals surface area contributed by atoms with Gasteiger partial charge >= 0.3 is 0 Å². The molecule has 1 N–H and O–H groups in total. The summed E-state index contributed by atoms with van der Waals surface area (Å²) in [6.45, 7) is 7.33. The fourth-order valence-electron chi connectivity index (χ4n) is 2.77. The number of amides is 2. The van der Waals surface area contributed by atoms with Gasteiger partial charge in [-0.1, -0.05) is 0 Å². The smallest absolute Gasteiger partial charge is 0.272 e. The quantitative estimate of drug-likeness (QED) is 0.752. The highest BCUT2D eigenvalue weighted by Gasteiger charge is 2.24. The third-order valence-electron chi connectivity index (χ3n) is 4.16. The number of rotatable bonds is 6. The fourth-order valence-corrected chi connectivity index (χ4v) is 2.77. The van der Waals surface area contributed by atoms with Crippen molar-refractivity contribution in [3.63, 3.8) is 0 Å². The molecule has 0 atom stereocenters. The Morgan fingerprint density at radius 2 is 1.80 bits per heavy atom. The SMILES string of the molecule is CC(=O)N1CCN(C(=O)c2cc(NCCCN(C)C)nc(C)n2)CC1. The lowest BCUT2D eigenvalue weighted by atomic mass is 10.2. The largest absolute Gasteiger partial charge is 0.370 e. The summed E-state index contributed by atoms with van der Waals surface area (Å²) < 4.78 is 0. The van der Waals surface area contributed by atoms with Gasteiger partial charge in [-0.25, -0.2) is 9.97 Å². The van der Waals surface area contributed by atoms with Crippen molar-refractivity contribution in [3.8, 4) is 0 Å². The molecule has 2 amide bonds. The van der Waals surface area contributed by atoms with E-state index in [0.29, 0.717) is 43.5 Å². The van der Waals surface area contributed by atoms with Crippen molar-refractivity contribution in [2.45, 2.75) is 20.3 Å². The number of anilines is 1. The van der Waals surface area contributed by atoms with Gasteiger partial charge < -0.3 is 20.0 Å². The van der Waals surface area contributed by atoms with Crippen LogP contribution in [0.4, 0.5) is 5.82 Å². The Balaban J connectivity index is 1.96. The fraction of sp³-hybridized carbons (Fsp3) is 0.647. The average molecular weight is 348 g/mol. The summed E-state index contributed by atoms with van der Waals surface area (Å²) in [5.41, 5.74) is 0.402. The van der Waals surface area contributed by atoms with Crippen molar-refractivity contribution in [1.29, 1.82) is 0 Å². The zero-order valence-corrected chi connectivity index (χ0v) is 15.6. The maximum absolute atomic E-state index is 12.7. The molecule has 8 nitrogen and oxygen atoms in total. The van der Waals surface area contributed by atoms with Gasteiger partial charge in [-0.15, -0.1) is 0 Å². The molecular formula is C17H28N6O2. The van der Waals surface area contributed by atoms with Gasteiger partial charge in [-0.2, -0.15) is 0 Å². The van der Waals surface area contributed by atoms with Crippen LogP contribution < -0.4 is 5.32 Å². The molecule has 138 valence electrons. The molecule has 1 fully saturated rings. The monoisotopic (exact) mass is 348 g/mol. The van der Waals surface area contributed by atoms with Crippen LogP contribution in [0.15, 0.2) is 6.07 Å². The van der Waals surface area contributed by atoms with Crippen molar-refractivity contribution in [2.24, 2.45) is 0 Å². The van der Waals surface area contributed by atoms with Crippen LogP contribution in [0.1, 0.15) is 29.7 Å². The first-order valence-electron chi connectivity index (χ1n) is 8.66. The van der Waals surface area contributed by atoms with E-state index in [0.717, 1.165) is 19.5 Å². The molecule has 0 aromatic carbocycles. The van der Waals surface area contributed by atoms with Gasteiger partial charge in [0, 0.05) is 45.7 Å². The predicted octanol–water partition coefficient (Wildman–Crippen LogP) is 0.453. The molecular weight excluding hydrogens is 320 g/mol. The maximum Gasteiger partial charge on any atom is 0.272 e. The van der Waals surface area contributed by atoms with E-state index in [1.165, 1.54) is 0 Å². The standard InChI is InChI=1S/C17H28N6O2/c1-13-19-15(12-16(20-13)18-6-5-7-21(3)4)17(25)23-10-8-22(9-11-23)14(2)24/h12H,5-11H2,1-4H3,(H,18,19,20). The first-order chi connectivity index (χ1) is 11.9. The third-order valence-corrected chi connectivity index (χ3v) is 4.16. The molecule has 0 aliphatic carbocycles. The minimum Gasteiger partial charge on any atom is -0.370 e. The van der Waals surface area contributed by atoms with Gasteiger partial charge in [0.15, 0.2) is 0 Å². The molecule has 1 aromatic heterocycles. The molecule has 1 aliphatic rings. The van der Waals surface area contributed by atoms with Crippen LogP contribution >= 0.6 is 0 Å². The van der Waals surface area contributed by atoms with Gasteiger partial charge in [0.25, 0.3) is 5.91 Å². The number of carbonyl (C=O) groups is 2. The number of hydrogen-bond acceptors (Lipinski definition) is 6. The number of piperazine rings is 1. The van der Waals surface area contributed by atoms with E-state index in [9.17, 15) is 9.59 Å². The zero-order valence-electron chi connectivity index (χ0n) is 15.6. The third kappa shape index (κ3) is 5.67. The summed E-state index contributed by atoms with van der Waals surface area (Å²) in [5.74, 6) is 1.19. The Labute approximate surface area is 149 Å². The summed E-state index contributed by atoms with van der Waals surface area (Å²) in [7, 11) is 4.08. The molecule has 2 rings (SSSR count).